The number of nitrogens with one attached hydrogen (secondary N) is 1. The highest BCUT2D eigenvalue weighted by atomic mass is 16.5. The Balaban J connectivity index is 1.89. The van der Waals surface area contributed by atoms with Gasteiger partial charge in [-0.1, -0.05) is 26.2 Å². The van der Waals surface area contributed by atoms with Crippen LogP contribution in [0.25, 0.3) is 0 Å². The summed E-state index contributed by atoms with van der Waals surface area (Å²) >= 11 is 0. The summed E-state index contributed by atoms with van der Waals surface area (Å²) in [6, 6.07) is 0.742. The highest BCUT2D eigenvalue weighted by Crippen LogP contribution is 2.25. The smallest absolute Gasteiger partial charge is 0.0678 e. The second kappa shape index (κ2) is 8.35. The molecule has 1 N–H and O–H groups in total. The quantitative estimate of drug-likeness (QED) is 0.784. The van der Waals surface area contributed by atoms with Gasteiger partial charge >= 0.3 is 0 Å². The second-order valence-corrected chi connectivity index (χ2v) is 6.93. The average Bonchev–Trinajstić information content (AvgIpc) is 2.60. The minimum absolute atomic E-state index is 0.395. The zero-order chi connectivity index (χ0) is 14.4. The lowest BCUT2D eigenvalue weighted by Gasteiger charge is -2.39. The van der Waals surface area contributed by atoms with Gasteiger partial charge in [-0.15, -0.1) is 0 Å². The molecule has 0 aromatic carbocycles. The first-order chi connectivity index (χ1) is 9.69. The molecule has 2 fully saturated rings. The Morgan fingerprint density at radius 3 is 2.45 bits per heavy atom. The fraction of sp³-hybridized carbons (Fsp3) is 1.00. The molecule has 1 saturated heterocycles. The molecule has 0 aromatic heterocycles. The molecule has 0 amide bonds. The lowest BCUT2D eigenvalue weighted by molar-refractivity contribution is -0.0727. The third-order valence-corrected chi connectivity index (χ3v) is 4.80. The van der Waals surface area contributed by atoms with Crippen molar-refractivity contribution in [3.63, 3.8) is 0 Å². The van der Waals surface area contributed by atoms with Gasteiger partial charge in [0, 0.05) is 25.7 Å². The predicted octanol–water partition coefficient (Wildman–Crippen LogP) is 3.04. The number of hydrogen-bond donors (Lipinski definition) is 1. The summed E-state index contributed by atoms with van der Waals surface area (Å²) in [5.74, 6) is 0.835. The second-order valence-electron chi connectivity index (χ2n) is 6.93. The molecule has 20 heavy (non-hydrogen) atoms. The van der Waals surface area contributed by atoms with Crippen LogP contribution in [0.2, 0.25) is 0 Å². The van der Waals surface area contributed by atoms with Gasteiger partial charge in [-0.2, -0.15) is 0 Å². The Labute approximate surface area is 125 Å². The number of ether oxygens (including phenoxy) is 1. The van der Waals surface area contributed by atoms with Crippen LogP contribution in [0.3, 0.4) is 0 Å². The van der Waals surface area contributed by atoms with Gasteiger partial charge in [0.1, 0.15) is 0 Å². The van der Waals surface area contributed by atoms with E-state index in [0.29, 0.717) is 12.2 Å². The molecule has 0 spiro atoms. The molecule has 0 radical (unpaired) electrons. The van der Waals surface area contributed by atoms with Gasteiger partial charge in [0.25, 0.3) is 0 Å². The van der Waals surface area contributed by atoms with Crippen molar-refractivity contribution in [2.45, 2.75) is 77.5 Å². The topological polar surface area (TPSA) is 24.5 Å². The van der Waals surface area contributed by atoms with E-state index < -0.39 is 0 Å². The first-order valence-corrected chi connectivity index (χ1v) is 8.80. The Bertz CT molecular complexity index is 262. The lowest BCUT2D eigenvalue weighted by atomic mass is 9.93. The van der Waals surface area contributed by atoms with Gasteiger partial charge < -0.3 is 10.1 Å². The third kappa shape index (κ3) is 5.01. The molecule has 2 aliphatic rings. The zero-order valence-corrected chi connectivity index (χ0v) is 13.7. The molecule has 1 heterocycles. The van der Waals surface area contributed by atoms with Crippen LogP contribution in [0, 0.1) is 5.92 Å². The van der Waals surface area contributed by atoms with Crippen LogP contribution in [-0.4, -0.2) is 49.3 Å². The van der Waals surface area contributed by atoms with Gasteiger partial charge in [0.05, 0.1) is 12.2 Å². The minimum Gasteiger partial charge on any atom is -0.373 e. The Morgan fingerprint density at radius 1 is 1.05 bits per heavy atom. The van der Waals surface area contributed by atoms with E-state index in [1.807, 2.05) is 0 Å². The number of hydrogen-bond acceptors (Lipinski definition) is 3. The highest BCUT2D eigenvalue weighted by Gasteiger charge is 2.28. The largest absolute Gasteiger partial charge is 0.373 e. The predicted molar refractivity (Wildman–Crippen MR) is 85.1 cm³/mol. The van der Waals surface area contributed by atoms with Crippen molar-refractivity contribution in [1.29, 1.82) is 0 Å². The van der Waals surface area contributed by atoms with E-state index in [2.05, 4.69) is 31.0 Å². The molecule has 3 nitrogen and oxygen atoms in total. The number of rotatable bonds is 5. The van der Waals surface area contributed by atoms with Crippen molar-refractivity contribution in [3.8, 4) is 0 Å². The molecule has 1 saturated carbocycles. The molecule has 3 heteroatoms. The van der Waals surface area contributed by atoms with Crippen molar-refractivity contribution in [1.82, 2.24) is 10.2 Å². The first-order valence-electron chi connectivity index (χ1n) is 8.80. The van der Waals surface area contributed by atoms with Crippen LogP contribution in [0.1, 0.15) is 59.3 Å². The zero-order valence-electron chi connectivity index (χ0n) is 13.7. The Hall–Kier alpha value is -0.120. The molecule has 4 unspecified atom stereocenters. The van der Waals surface area contributed by atoms with E-state index in [9.17, 15) is 0 Å². The van der Waals surface area contributed by atoms with E-state index >= 15 is 0 Å². The van der Waals surface area contributed by atoms with Crippen LogP contribution in [0.4, 0.5) is 0 Å². The lowest BCUT2D eigenvalue weighted by Crippen LogP contribution is -2.50. The molecule has 1 aliphatic carbocycles. The van der Waals surface area contributed by atoms with Crippen LogP contribution in [-0.2, 0) is 4.74 Å². The van der Waals surface area contributed by atoms with E-state index in [0.717, 1.165) is 25.0 Å². The van der Waals surface area contributed by atoms with Gasteiger partial charge in [-0.3, -0.25) is 4.90 Å². The van der Waals surface area contributed by atoms with E-state index in [4.69, 9.17) is 4.74 Å². The van der Waals surface area contributed by atoms with Crippen LogP contribution < -0.4 is 5.32 Å². The summed E-state index contributed by atoms with van der Waals surface area (Å²) < 4.78 is 5.86. The summed E-state index contributed by atoms with van der Waals surface area (Å²) in [5, 5.41) is 3.82. The maximum atomic E-state index is 5.86. The van der Waals surface area contributed by atoms with Crippen LogP contribution in [0.5, 0.6) is 0 Å². The fourth-order valence-electron chi connectivity index (χ4n) is 3.97. The number of nitrogens with zero attached hydrogens (tertiary/aromatic N) is 1. The molecule has 118 valence electrons. The Morgan fingerprint density at radius 2 is 1.75 bits per heavy atom. The Kier molecular flexibility index (Phi) is 6.79. The summed E-state index contributed by atoms with van der Waals surface area (Å²) in [7, 11) is 0. The van der Waals surface area contributed by atoms with E-state index in [-0.39, 0.29) is 0 Å². The van der Waals surface area contributed by atoms with Crippen molar-refractivity contribution < 1.29 is 4.74 Å². The van der Waals surface area contributed by atoms with Crippen molar-refractivity contribution in [2.24, 2.45) is 5.92 Å². The minimum atomic E-state index is 0.395. The molecule has 2 rings (SSSR count). The summed E-state index contributed by atoms with van der Waals surface area (Å²) in [5.41, 5.74) is 0. The summed E-state index contributed by atoms with van der Waals surface area (Å²) in [6.07, 6.45) is 9.07. The maximum Gasteiger partial charge on any atom is 0.0678 e. The van der Waals surface area contributed by atoms with Gasteiger partial charge in [-0.25, -0.2) is 0 Å². The summed E-state index contributed by atoms with van der Waals surface area (Å²) in [6.45, 7) is 11.4. The first kappa shape index (κ1) is 16.3. The van der Waals surface area contributed by atoms with Crippen LogP contribution >= 0.6 is 0 Å². The average molecular weight is 282 g/mol. The van der Waals surface area contributed by atoms with Gasteiger partial charge in [-0.05, 0) is 45.6 Å². The molecular formula is C17H34N2O. The van der Waals surface area contributed by atoms with Crippen molar-refractivity contribution in [2.75, 3.05) is 26.2 Å². The fourth-order valence-corrected chi connectivity index (χ4v) is 3.97. The monoisotopic (exact) mass is 282 g/mol. The molecule has 1 aliphatic heterocycles. The maximum absolute atomic E-state index is 5.86. The van der Waals surface area contributed by atoms with Gasteiger partial charge in [0.2, 0.25) is 0 Å². The SMILES string of the molecule is CCCNC1CCCCCC1CN1CC(C)OC(C)C1. The van der Waals surface area contributed by atoms with Crippen molar-refractivity contribution in [3.05, 3.63) is 0 Å². The highest BCUT2D eigenvalue weighted by molar-refractivity contribution is 4.84. The molecule has 0 bridgehead atoms. The summed E-state index contributed by atoms with van der Waals surface area (Å²) in [4.78, 5) is 2.65. The van der Waals surface area contributed by atoms with Crippen molar-refractivity contribution >= 4 is 0 Å². The van der Waals surface area contributed by atoms with Crippen LogP contribution in [0.15, 0.2) is 0 Å². The molecule has 4 atom stereocenters. The third-order valence-electron chi connectivity index (χ3n) is 4.80. The normalized spacial score (nSPS) is 36.8. The van der Waals surface area contributed by atoms with E-state index in [1.54, 1.807) is 0 Å². The molecule has 0 aromatic rings. The standard InChI is InChI=1S/C17H34N2O/c1-4-10-18-17-9-7-5-6-8-16(17)13-19-11-14(2)20-15(3)12-19/h14-18H,4-13H2,1-3H3. The number of morpholine rings is 1. The van der Waals surface area contributed by atoms with Gasteiger partial charge in [0.15, 0.2) is 0 Å². The van der Waals surface area contributed by atoms with E-state index in [1.165, 1.54) is 51.6 Å². The molecular weight excluding hydrogens is 248 g/mol.